The van der Waals surface area contributed by atoms with Crippen molar-refractivity contribution in [1.82, 2.24) is 0 Å². The third-order valence-corrected chi connectivity index (χ3v) is 6.47. The lowest BCUT2D eigenvalue weighted by Crippen LogP contribution is -2.33. The van der Waals surface area contributed by atoms with Crippen LogP contribution in [0, 0.1) is 0 Å². The van der Waals surface area contributed by atoms with Crippen LogP contribution in [0.4, 0.5) is 0 Å². The van der Waals surface area contributed by atoms with E-state index in [0.717, 1.165) is 25.7 Å². The summed E-state index contributed by atoms with van der Waals surface area (Å²) in [6, 6.07) is -0.743. The topological polar surface area (TPSA) is 78.6 Å². The zero-order chi connectivity index (χ0) is 25.1. The number of ether oxygens (including phenoxy) is 2. The first-order valence-electron chi connectivity index (χ1n) is 14.7. The maximum absolute atomic E-state index is 12.0. The Morgan fingerprint density at radius 2 is 0.914 bits per heavy atom. The molecule has 0 heterocycles. The van der Waals surface area contributed by atoms with E-state index in [1.807, 2.05) is 0 Å². The molecule has 2 N–H and O–H groups in total. The van der Waals surface area contributed by atoms with Gasteiger partial charge in [-0.25, -0.2) is 0 Å². The molecular weight excluding hydrogens is 462 g/mol. The number of rotatable bonds is 26. The highest BCUT2D eigenvalue weighted by atomic mass is 35.5. The van der Waals surface area contributed by atoms with Crippen molar-refractivity contribution in [3.8, 4) is 0 Å². The molecule has 0 aromatic heterocycles. The number of hydrogen-bond acceptors (Lipinski definition) is 5. The van der Waals surface area contributed by atoms with Gasteiger partial charge in [-0.1, -0.05) is 129 Å². The molecule has 0 rings (SSSR count). The summed E-state index contributed by atoms with van der Waals surface area (Å²) < 4.78 is 10.5. The van der Waals surface area contributed by atoms with Crippen LogP contribution < -0.4 is 5.73 Å². The van der Waals surface area contributed by atoms with E-state index in [0.29, 0.717) is 13.2 Å². The lowest BCUT2D eigenvalue weighted by atomic mass is 10.1. The molecule has 0 spiro atoms. The lowest BCUT2D eigenvalue weighted by molar-refractivity contribution is -0.146. The van der Waals surface area contributed by atoms with E-state index in [1.54, 1.807) is 0 Å². The third kappa shape index (κ3) is 27.6. The fourth-order valence-electron chi connectivity index (χ4n) is 4.11. The monoisotopic (exact) mass is 519 g/mol. The molecule has 0 aliphatic heterocycles. The van der Waals surface area contributed by atoms with E-state index >= 15 is 0 Å². The standard InChI is InChI=1S/C29H57NO4.ClH/c1-3-5-7-9-11-13-15-17-19-21-25-33-28(31)24-23-27(30)29(32)34-26-22-20-18-16-14-12-10-8-6-4-2;/h27H,3-26,30H2,1-2H3;1H. The highest BCUT2D eigenvalue weighted by Crippen LogP contribution is 2.12. The Bertz CT molecular complexity index is 462. The molecule has 0 saturated heterocycles. The minimum atomic E-state index is -0.743. The Labute approximate surface area is 223 Å². The second-order valence-electron chi connectivity index (χ2n) is 9.90. The van der Waals surface area contributed by atoms with Gasteiger partial charge in [-0.05, 0) is 19.3 Å². The molecule has 0 aliphatic rings. The van der Waals surface area contributed by atoms with Gasteiger partial charge in [0, 0.05) is 6.42 Å². The Morgan fingerprint density at radius 3 is 1.31 bits per heavy atom. The molecule has 0 aromatic rings. The van der Waals surface area contributed by atoms with E-state index in [1.165, 1.54) is 103 Å². The van der Waals surface area contributed by atoms with Crippen LogP contribution >= 0.6 is 12.4 Å². The number of nitrogens with two attached hydrogens (primary N) is 1. The van der Waals surface area contributed by atoms with Gasteiger partial charge in [0.25, 0.3) is 0 Å². The number of carbonyl (C=O) groups excluding carboxylic acids is 2. The predicted octanol–water partition coefficient (Wildman–Crippen LogP) is 8.44. The SMILES string of the molecule is CCCCCCCCCCCCOC(=O)CCC(N)C(=O)OCCCCCCCCCCCC.Cl. The van der Waals surface area contributed by atoms with Gasteiger partial charge >= 0.3 is 11.9 Å². The first-order valence-corrected chi connectivity index (χ1v) is 14.7. The Balaban J connectivity index is 0. The third-order valence-electron chi connectivity index (χ3n) is 6.47. The quantitative estimate of drug-likeness (QED) is 0.0915. The molecule has 0 fully saturated rings. The summed E-state index contributed by atoms with van der Waals surface area (Å²) in [7, 11) is 0. The smallest absolute Gasteiger partial charge is 0.322 e. The van der Waals surface area contributed by atoms with E-state index < -0.39 is 12.0 Å². The zero-order valence-electron chi connectivity index (χ0n) is 23.2. The van der Waals surface area contributed by atoms with Crippen LogP contribution in [0.3, 0.4) is 0 Å². The number of unbranched alkanes of at least 4 members (excludes halogenated alkanes) is 18. The van der Waals surface area contributed by atoms with Crippen LogP contribution in [0.2, 0.25) is 0 Å². The summed E-state index contributed by atoms with van der Waals surface area (Å²) in [5.74, 6) is -0.674. The van der Waals surface area contributed by atoms with Crippen molar-refractivity contribution in [2.45, 2.75) is 161 Å². The molecule has 0 radical (unpaired) electrons. The normalized spacial score (nSPS) is 11.6. The minimum absolute atomic E-state index is 0. The summed E-state index contributed by atoms with van der Waals surface area (Å²) in [6.45, 7) is 5.38. The van der Waals surface area contributed by atoms with Gasteiger partial charge < -0.3 is 15.2 Å². The molecule has 6 heteroatoms. The second-order valence-corrected chi connectivity index (χ2v) is 9.90. The minimum Gasteiger partial charge on any atom is -0.466 e. The first-order chi connectivity index (χ1) is 16.6. The van der Waals surface area contributed by atoms with Gasteiger partial charge in [-0.15, -0.1) is 12.4 Å². The summed E-state index contributed by atoms with van der Waals surface area (Å²) >= 11 is 0. The number of esters is 2. The zero-order valence-corrected chi connectivity index (χ0v) is 24.0. The Morgan fingerprint density at radius 1 is 0.571 bits per heavy atom. The molecule has 1 unspecified atom stereocenters. The summed E-state index contributed by atoms with van der Waals surface area (Å²) in [5, 5.41) is 0. The largest absolute Gasteiger partial charge is 0.466 e. The van der Waals surface area contributed by atoms with Crippen molar-refractivity contribution in [1.29, 1.82) is 0 Å². The van der Waals surface area contributed by atoms with Crippen molar-refractivity contribution < 1.29 is 19.1 Å². The van der Waals surface area contributed by atoms with E-state index in [2.05, 4.69) is 13.8 Å². The van der Waals surface area contributed by atoms with Crippen LogP contribution in [0.1, 0.15) is 155 Å². The molecule has 0 saturated carbocycles. The van der Waals surface area contributed by atoms with Crippen molar-refractivity contribution >= 4 is 24.3 Å². The van der Waals surface area contributed by atoms with Gasteiger partial charge in [0.15, 0.2) is 0 Å². The summed E-state index contributed by atoms with van der Waals surface area (Å²) in [5.41, 5.74) is 5.87. The van der Waals surface area contributed by atoms with E-state index in [4.69, 9.17) is 15.2 Å². The van der Waals surface area contributed by atoms with Crippen LogP contribution in [0.5, 0.6) is 0 Å². The van der Waals surface area contributed by atoms with Crippen molar-refractivity contribution in [3.05, 3.63) is 0 Å². The molecule has 35 heavy (non-hydrogen) atoms. The average Bonchev–Trinajstić information content (AvgIpc) is 2.84. The maximum Gasteiger partial charge on any atom is 0.322 e. The fraction of sp³-hybridized carbons (Fsp3) is 0.931. The van der Waals surface area contributed by atoms with Crippen molar-refractivity contribution in [2.24, 2.45) is 5.73 Å². The summed E-state index contributed by atoms with van der Waals surface area (Å²) in [6.07, 6.45) is 25.5. The summed E-state index contributed by atoms with van der Waals surface area (Å²) in [4.78, 5) is 23.8. The van der Waals surface area contributed by atoms with Gasteiger partial charge in [0.05, 0.1) is 13.2 Å². The molecular formula is C29H58ClNO4. The first kappa shape index (κ1) is 36.3. The molecule has 5 nitrogen and oxygen atoms in total. The van der Waals surface area contributed by atoms with Gasteiger partial charge in [-0.3, -0.25) is 9.59 Å². The van der Waals surface area contributed by atoms with Crippen LogP contribution in [-0.2, 0) is 19.1 Å². The molecule has 210 valence electrons. The van der Waals surface area contributed by atoms with Gasteiger partial charge in [0.1, 0.15) is 6.04 Å². The van der Waals surface area contributed by atoms with Crippen molar-refractivity contribution in [3.63, 3.8) is 0 Å². The van der Waals surface area contributed by atoms with Gasteiger partial charge in [0.2, 0.25) is 0 Å². The number of carbonyl (C=O) groups is 2. The van der Waals surface area contributed by atoms with Crippen LogP contribution in [0.15, 0.2) is 0 Å². The van der Waals surface area contributed by atoms with E-state index in [-0.39, 0.29) is 31.2 Å². The highest BCUT2D eigenvalue weighted by molar-refractivity contribution is 5.85. The van der Waals surface area contributed by atoms with Crippen LogP contribution in [-0.4, -0.2) is 31.2 Å². The van der Waals surface area contributed by atoms with Gasteiger partial charge in [-0.2, -0.15) is 0 Å². The average molecular weight is 520 g/mol. The number of hydrogen-bond donors (Lipinski definition) is 1. The Hall–Kier alpha value is -0.810. The molecule has 0 amide bonds. The fourth-order valence-corrected chi connectivity index (χ4v) is 4.11. The molecule has 1 atom stereocenters. The Kier molecular flexibility index (Phi) is 30.6. The molecule has 0 bridgehead atoms. The number of halogens is 1. The van der Waals surface area contributed by atoms with Crippen LogP contribution in [0.25, 0.3) is 0 Å². The van der Waals surface area contributed by atoms with Crippen molar-refractivity contribution in [2.75, 3.05) is 13.2 Å². The highest BCUT2D eigenvalue weighted by Gasteiger charge is 2.17. The lowest BCUT2D eigenvalue weighted by Gasteiger charge is -2.11. The molecule has 0 aromatic carbocycles. The van der Waals surface area contributed by atoms with E-state index in [9.17, 15) is 9.59 Å². The molecule has 0 aliphatic carbocycles. The maximum atomic E-state index is 12.0. The second kappa shape index (κ2) is 29.4. The predicted molar refractivity (Wildman–Crippen MR) is 150 cm³/mol.